The number of carbonyl (C=O) groups is 12. The number of carbonyl (C=O) groups excluding carboxylic acids is 9. The molecule has 1 saturated heterocycles. The lowest BCUT2D eigenvalue weighted by Gasteiger charge is -2.35. The summed E-state index contributed by atoms with van der Waals surface area (Å²) in [5.74, 6) is -15.1. The number of aliphatic imine (C=N–C) groups is 2. The van der Waals surface area contributed by atoms with Crippen LogP contribution in [0.1, 0.15) is 126 Å². The fourth-order valence-electron chi connectivity index (χ4n) is 8.51. The molecule has 470 valence electrons. The molecule has 12 atom stereocenters. The molecule has 0 aromatic rings. The van der Waals surface area contributed by atoms with Crippen molar-refractivity contribution in [2.75, 3.05) is 32.8 Å². The highest BCUT2D eigenvalue weighted by Gasteiger charge is 2.39. The Labute approximate surface area is 482 Å². The second-order valence-electron chi connectivity index (χ2n) is 21.1. The van der Waals surface area contributed by atoms with Crippen molar-refractivity contribution >= 4 is 83.0 Å². The van der Waals surface area contributed by atoms with Gasteiger partial charge in [0.2, 0.25) is 53.2 Å². The van der Waals surface area contributed by atoms with Crippen molar-refractivity contribution < 1.29 is 78.0 Å². The molecule has 2 unspecified atom stereocenters. The number of aliphatic hydroxyl groups excluding tert-OH is 1. The number of nitrogens with zero attached hydrogens (tertiary/aromatic N) is 3. The van der Waals surface area contributed by atoms with Gasteiger partial charge in [0.15, 0.2) is 11.9 Å². The Balaban J connectivity index is 3.41. The molecule has 0 spiro atoms. The molecule has 1 heterocycles. The minimum absolute atomic E-state index is 0.0328. The zero-order chi connectivity index (χ0) is 63.3. The van der Waals surface area contributed by atoms with Gasteiger partial charge in [-0.15, -0.1) is 0 Å². The lowest BCUT2D eigenvalue weighted by atomic mass is 9.95. The van der Waals surface area contributed by atoms with Crippen LogP contribution in [0.4, 0.5) is 0 Å². The van der Waals surface area contributed by atoms with E-state index >= 15 is 0 Å². The number of hydrogen-bond donors (Lipinski definition) is 17. The molecule has 32 heteroatoms. The minimum atomic E-state index is -1.83. The molecule has 32 nitrogen and oxygen atoms in total. The van der Waals surface area contributed by atoms with E-state index in [4.69, 9.17) is 28.7 Å². The quantitative estimate of drug-likeness (QED) is 0.0157. The minimum Gasteiger partial charge on any atom is -0.481 e. The molecule has 9 amide bonds. The lowest BCUT2D eigenvalue weighted by molar-refractivity contribution is -0.143. The molecule has 1 rings (SSSR count). The fraction of sp³-hybridized carbons (Fsp3) is 0.725. The maximum Gasteiger partial charge on any atom is 0.326 e. The van der Waals surface area contributed by atoms with Gasteiger partial charge in [-0.2, -0.15) is 0 Å². The number of carboxylic acids is 3. The van der Waals surface area contributed by atoms with Gasteiger partial charge in [0.25, 0.3) is 0 Å². The van der Waals surface area contributed by atoms with Crippen LogP contribution in [0.5, 0.6) is 0 Å². The number of nitrogens with one attached hydrogen (secondary N) is 8. The lowest BCUT2D eigenvalue weighted by Crippen LogP contribution is -2.61. The number of aliphatic carboxylic acids is 3. The van der Waals surface area contributed by atoms with Crippen LogP contribution in [0.3, 0.4) is 0 Å². The highest BCUT2D eigenvalue weighted by atomic mass is 16.4. The van der Waals surface area contributed by atoms with Crippen LogP contribution in [-0.2, 0) is 57.5 Å². The van der Waals surface area contributed by atoms with Crippen molar-refractivity contribution in [2.24, 2.45) is 62.3 Å². The summed E-state index contributed by atoms with van der Waals surface area (Å²) in [6.07, 6.45) is -0.662. The number of amides is 9. The van der Waals surface area contributed by atoms with Crippen LogP contribution in [-0.4, -0.2) is 195 Å². The van der Waals surface area contributed by atoms with E-state index in [1.54, 1.807) is 41.5 Å². The van der Waals surface area contributed by atoms with Crippen LogP contribution < -0.4 is 71.2 Å². The van der Waals surface area contributed by atoms with E-state index in [2.05, 4.69) is 52.5 Å². The van der Waals surface area contributed by atoms with E-state index in [0.717, 1.165) is 0 Å². The number of carboxylic acid groups (broad SMARTS) is 3. The van der Waals surface area contributed by atoms with E-state index in [1.165, 1.54) is 11.8 Å². The van der Waals surface area contributed by atoms with Gasteiger partial charge in [0.1, 0.15) is 48.3 Å². The summed E-state index contributed by atoms with van der Waals surface area (Å²) in [7, 11) is 0. The smallest absolute Gasteiger partial charge is 0.326 e. The Kier molecular flexibility index (Phi) is 32.8. The number of nitrogens with two attached hydrogens (primary N) is 5. The van der Waals surface area contributed by atoms with Crippen molar-refractivity contribution in [3.63, 3.8) is 0 Å². The summed E-state index contributed by atoms with van der Waals surface area (Å²) in [5, 5.41) is 58.8. The van der Waals surface area contributed by atoms with E-state index in [9.17, 15) is 78.0 Å². The number of likely N-dealkylation sites (tertiary alicyclic amines) is 1. The van der Waals surface area contributed by atoms with Crippen LogP contribution in [0.15, 0.2) is 9.98 Å². The van der Waals surface area contributed by atoms with E-state index in [0.29, 0.717) is 12.8 Å². The number of hydrogen-bond acceptors (Lipinski definition) is 16. The molecule has 0 bridgehead atoms. The van der Waals surface area contributed by atoms with Crippen molar-refractivity contribution in [1.29, 1.82) is 0 Å². The van der Waals surface area contributed by atoms with Crippen LogP contribution in [0.2, 0.25) is 0 Å². The summed E-state index contributed by atoms with van der Waals surface area (Å²) >= 11 is 0. The molecule has 0 aromatic heterocycles. The molecule has 22 N–H and O–H groups in total. The monoisotopic (exact) mass is 1180 g/mol. The SMILES string of the molecule is CCC(C)[C@H](NC(=O)[C@H](CCCN=C(N)N)NC(=O)[C@H](CCC(=O)O)NC(=O)[C@@H]1CCCN(C(=O)[C@H](CO)NC(=O)[C@@H](NC(=O)[C@@H](N)CCCN=C(N)N)C(C)CC)C1)C(=O)N[C@@H](CC(=O)O)C(=O)N[C@@H](C)C(=O)N[C@@H](CC(C)C)C(=O)O. The Morgan fingerprint density at radius 3 is 1.54 bits per heavy atom. The van der Waals surface area contributed by atoms with Gasteiger partial charge in [-0.25, -0.2) is 4.79 Å². The topological polar surface area (TPSA) is 540 Å². The summed E-state index contributed by atoms with van der Waals surface area (Å²) < 4.78 is 0. The third-order valence-electron chi connectivity index (χ3n) is 13.7. The van der Waals surface area contributed by atoms with Gasteiger partial charge >= 0.3 is 17.9 Å². The number of piperidine rings is 1. The van der Waals surface area contributed by atoms with Gasteiger partial charge in [0.05, 0.1) is 25.0 Å². The normalized spacial score (nSPS) is 17.0. The van der Waals surface area contributed by atoms with Gasteiger partial charge in [-0.05, 0) is 76.0 Å². The summed E-state index contributed by atoms with van der Waals surface area (Å²) in [5.41, 5.74) is 27.7. The highest BCUT2D eigenvalue weighted by molar-refractivity contribution is 5.98. The van der Waals surface area contributed by atoms with Gasteiger partial charge in [-0.3, -0.25) is 62.7 Å². The highest BCUT2D eigenvalue weighted by Crippen LogP contribution is 2.20. The number of guanidine groups is 2. The molecule has 0 aliphatic carbocycles. The van der Waals surface area contributed by atoms with Gasteiger partial charge < -0.3 is 96.5 Å². The predicted molar refractivity (Wildman–Crippen MR) is 300 cm³/mol. The van der Waals surface area contributed by atoms with Crippen LogP contribution >= 0.6 is 0 Å². The molecule has 0 aromatic carbocycles. The first kappa shape index (κ1) is 73.1. The third kappa shape index (κ3) is 27.2. The Morgan fingerprint density at radius 1 is 0.566 bits per heavy atom. The Bertz CT molecular complexity index is 2300. The largest absolute Gasteiger partial charge is 0.481 e. The van der Waals surface area contributed by atoms with E-state index < -0.39 is 169 Å². The molecular formula is C51H90N16O16. The van der Waals surface area contributed by atoms with E-state index in [-0.39, 0.29) is 89.0 Å². The van der Waals surface area contributed by atoms with Gasteiger partial charge in [0, 0.05) is 32.6 Å². The number of aliphatic hydroxyl groups is 1. The first-order valence-corrected chi connectivity index (χ1v) is 27.7. The van der Waals surface area contributed by atoms with E-state index in [1.807, 2.05) is 0 Å². The first-order valence-electron chi connectivity index (χ1n) is 27.7. The predicted octanol–water partition coefficient (Wildman–Crippen LogP) is -4.89. The van der Waals surface area contributed by atoms with Crippen molar-refractivity contribution in [3.8, 4) is 0 Å². The Morgan fingerprint density at radius 2 is 1.05 bits per heavy atom. The zero-order valence-corrected chi connectivity index (χ0v) is 48.4. The second-order valence-corrected chi connectivity index (χ2v) is 21.1. The van der Waals surface area contributed by atoms with Crippen molar-refractivity contribution in [3.05, 3.63) is 0 Å². The summed E-state index contributed by atoms with van der Waals surface area (Å²) in [6, 6.07) is -12.9. The second kappa shape index (κ2) is 37.3. The zero-order valence-electron chi connectivity index (χ0n) is 48.4. The standard InChI is InChI=1S/C51H90N16O16/c1-8-26(5)38(65-42(75)30(52)14-10-18-57-50(53)54)47(80)64-35(24-68)48(81)67-20-12-13-29(23-67)41(74)60-32(16-17-36(69)70)43(76)61-31(15-11-19-58-51(55)56)44(77)66-39(27(6)9-2)46(79)62-33(22-37(71)72)45(78)59-28(7)40(73)63-34(49(82)83)21-25(3)4/h25-35,38-39,68H,8-24,52H2,1-7H3,(H,59,78)(H,60,74)(H,61,76)(H,62,79)(H,63,73)(H,64,80)(H,65,75)(H,66,77)(H,69,70)(H,71,72)(H,82,83)(H4,53,54,57)(H4,55,56,58)/t26?,27?,28-,29+,30-,31-,32-,33-,34-,35-,38-,39-/m0/s1. The summed E-state index contributed by atoms with van der Waals surface area (Å²) in [6.45, 7) is 10.5. The first-order chi connectivity index (χ1) is 38.9. The molecule has 1 aliphatic rings. The third-order valence-corrected chi connectivity index (χ3v) is 13.7. The average Bonchev–Trinajstić information content (AvgIpc) is 3.51. The molecule has 83 heavy (non-hydrogen) atoms. The van der Waals surface area contributed by atoms with Crippen LogP contribution in [0, 0.1) is 23.7 Å². The van der Waals surface area contributed by atoms with Gasteiger partial charge in [-0.1, -0.05) is 54.4 Å². The average molecular weight is 1180 g/mol. The maximum absolute atomic E-state index is 14.2. The van der Waals surface area contributed by atoms with Crippen LogP contribution in [0.25, 0.3) is 0 Å². The van der Waals surface area contributed by atoms with Crippen molar-refractivity contribution in [2.45, 2.75) is 180 Å². The summed E-state index contributed by atoms with van der Waals surface area (Å²) in [4.78, 5) is 168. The molecular weight excluding hydrogens is 1090 g/mol. The maximum atomic E-state index is 14.2. The molecule has 0 saturated carbocycles. The molecule has 0 radical (unpaired) electrons. The fourth-order valence-corrected chi connectivity index (χ4v) is 8.51. The molecule has 1 fully saturated rings. The Hall–Kier alpha value is -7.90. The molecule has 1 aliphatic heterocycles. The number of rotatable bonds is 38. The van der Waals surface area contributed by atoms with Crippen molar-refractivity contribution in [1.82, 2.24) is 47.4 Å².